The summed E-state index contributed by atoms with van der Waals surface area (Å²) in [6.45, 7) is 1.67. The summed E-state index contributed by atoms with van der Waals surface area (Å²) in [6, 6.07) is 18.5. The monoisotopic (exact) mass is 399 g/mol. The van der Waals surface area contributed by atoms with E-state index in [1.807, 2.05) is 48.7 Å². The van der Waals surface area contributed by atoms with E-state index in [4.69, 9.17) is 0 Å². The molecule has 0 spiro atoms. The van der Waals surface area contributed by atoms with Crippen molar-refractivity contribution in [3.8, 4) is 11.8 Å². The molecule has 2 aromatic carbocycles. The topological polar surface area (TPSA) is 64.0 Å². The van der Waals surface area contributed by atoms with Gasteiger partial charge in [-0.1, -0.05) is 42.2 Å². The van der Waals surface area contributed by atoms with Gasteiger partial charge >= 0.3 is 0 Å². The zero-order chi connectivity index (χ0) is 20.2. The number of amides is 1. The minimum atomic E-state index is -0.322. The normalized spacial score (nSPS) is 10.4. The lowest BCUT2D eigenvalue weighted by atomic mass is 10.1. The van der Waals surface area contributed by atoms with Crippen molar-refractivity contribution < 1.29 is 4.79 Å². The van der Waals surface area contributed by atoms with Crippen LogP contribution in [-0.2, 0) is 11.3 Å². The first-order chi connectivity index (χ1) is 14.1. The van der Waals surface area contributed by atoms with E-state index in [-0.39, 0.29) is 18.0 Å². The second-order valence-electron chi connectivity index (χ2n) is 6.45. The van der Waals surface area contributed by atoms with Crippen molar-refractivity contribution in [1.82, 2.24) is 9.78 Å². The Morgan fingerprint density at radius 2 is 1.90 bits per heavy atom. The van der Waals surface area contributed by atoms with Gasteiger partial charge in [0.25, 0.3) is 5.56 Å². The Kier molecular flexibility index (Phi) is 5.23. The van der Waals surface area contributed by atoms with Crippen LogP contribution < -0.4 is 10.9 Å². The standard InChI is InChI=1S/C23H17N3O2S/c1-16-20-9-2-3-10-21(20)23(28)26(25-16)15-22(27)24-18-7-4-6-17(14-18)11-12-19-8-5-13-29-19/h2-10,13-14H,15H2,1H3,(H,24,27). The van der Waals surface area contributed by atoms with Gasteiger partial charge in [0.2, 0.25) is 5.91 Å². The zero-order valence-electron chi connectivity index (χ0n) is 15.7. The number of thiophene rings is 1. The van der Waals surface area contributed by atoms with Crippen molar-refractivity contribution in [2.75, 3.05) is 5.32 Å². The number of anilines is 1. The summed E-state index contributed by atoms with van der Waals surface area (Å²) in [7, 11) is 0. The molecule has 142 valence electrons. The van der Waals surface area contributed by atoms with Crippen LogP contribution in [0.3, 0.4) is 0 Å². The number of nitrogens with zero attached hydrogens (tertiary/aromatic N) is 2. The number of hydrogen-bond donors (Lipinski definition) is 1. The van der Waals surface area contributed by atoms with E-state index in [2.05, 4.69) is 22.3 Å². The number of aryl methyl sites for hydroxylation is 1. The van der Waals surface area contributed by atoms with Crippen molar-refractivity contribution >= 4 is 33.7 Å². The molecule has 1 amide bonds. The first kappa shape index (κ1) is 18.7. The van der Waals surface area contributed by atoms with Gasteiger partial charge in [0, 0.05) is 16.6 Å². The second kappa shape index (κ2) is 8.13. The smallest absolute Gasteiger partial charge is 0.275 e. The quantitative estimate of drug-likeness (QED) is 0.533. The van der Waals surface area contributed by atoms with E-state index in [1.54, 1.807) is 35.6 Å². The molecule has 0 saturated heterocycles. The third-order valence-electron chi connectivity index (χ3n) is 4.34. The lowest BCUT2D eigenvalue weighted by molar-refractivity contribution is -0.117. The highest BCUT2D eigenvalue weighted by Crippen LogP contribution is 2.13. The summed E-state index contributed by atoms with van der Waals surface area (Å²) < 4.78 is 1.20. The van der Waals surface area contributed by atoms with E-state index in [9.17, 15) is 9.59 Å². The van der Waals surface area contributed by atoms with Gasteiger partial charge in [-0.05, 0) is 42.6 Å². The molecule has 1 N–H and O–H groups in total. The van der Waals surface area contributed by atoms with Crippen LogP contribution in [0.4, 0.5) is 5.69 Å². The molecular formula is C23H17N3O2S. The Morgan fingerprint density at radius 3 is 2.69 bits per heavy atom. The van der Waals surface area contributed by atoms with E-state index < -0.39 is 0 Å². The molecule has 2 heterocycles. The average molecular weight is 399 g/mol. The van der Waals surface area contributed by atoms with E-state index in [1.165, 1.54) is 4.68 Å². The summed E-state index contributed by atoms with van der Waals surface area (Å²) in [5.41, 5.74) is 1.85. The van der Waals surface area contributed by atoms with Crippen LogP contribution in [-0.4, -0.2) is 15.7 Å². The van der Waals surface area contributed by atoms with Crippen LogP contribution in [0.5, 0.6) is 0 Å². The summed E-state index contributed by atoms with van der Waals surface area (Å²) in [5.74, 6) is 5.86. The van der Waals surface area contributed by atoms with E-state index in [0.717, 1.165) is 15.8 Å². The van der Waals surface area contributed by atoms with Crippen LogP contribution in [0.25, 0.3) is 10.8 Å². The van der Waals surface area contributed by atoms with Gasteiger partial charge in [-0.25, -0.2) is 4.68 Å². The lowest BCUT2D eigenvalue weighted by Gasteiger charge is -2.09. The predicted molar refractivity (Wildman–Crippen MR) is 116 cm³/mol. The largest absolute Gasteiger partial charge is 0.324 e. The molecule has 4 rings (SSSR count). The fraction of sp³-hybridized carbons (Fsp3) is 0.0870. The van der Waals surface area contributed by atoms with Crippen molar-refractivity contribution in [1.29, 1.82) is 0 Å². The molecule has 2 aromatic heterocycles. The molecule has 0 atom stereocenters. The fourth-order valence-electron chi connectivity index (χ4n) is 3.01. The van der Waals surface area contributed by atoms with Gasteiger partial charge in [-0.3, -0.25) is 9.59 Å². The van der Waals surface area contributed by atoms with Crippen LogP contribution in [0.1, 0.15) is 16.1 Å². The Balaban J connectivity index is 1.52. The van der Waals surface area contributed by atoms with Crippen molar-refractivity contribution in [2.24, 2.45) is 0 Å². The van der Waals surface area contributed by atoms with Gasteiger partial charge in [0.1, 0.15) is 6.54 Å². The number of hydrogen-bond acceptors (Lipinski definition) is 4. The van der Waals surface area contributed by atoms with Gasteiger partial charge in [-0.15, -0.1) is 11.3 Å². The third kappa shape index (κ3) is 4.26. The molecule has 29 heavy (non-hydrogen) atoms. The molecule has 0 aliphatic rings. The van der Waals surface area contributed by atoms with Crippen LogP contribution in [0, 0.1) is 18.8 Å². The molecule has 6 heteroatoms. The van der Waals surface area contributed by atoms with Gasteiger partial charge in [0.05, 0.1) is 16.0 Å². The summed E-state index contributed by atoms with van der Waals surface area (Å²) in [5, 5.41) is 10.4. The summed E-state index contributed by atoms with van der Waals surface area (Å²) in [6.07, 6.45) is 0. The summed E-state index contributed by atoms with van der Waals surface area (Å²) in [4.78, 5) is 26.1. The fourth-order valence-corrected chi connectivity index (χ4v) is 3.58. The van der Waals surface area contributed by atoms with Gasteiger partial charge in [0.15, 0.2) is 0 Å². The Bertz CT molecular complexity index is 1310. The highest BCUT2D eigenvalue weighted by Gasteiger charge is 2.11. The van der Waals surface area contributed by atoms with Crippen molar-refractivity contribution in [3.63, 3.8) is 0 Å². The van der Waals surface area contributed by atoms with Crippen LogP contribution in [0.2, 0.25) is 0 Å². The maximum atomic E-state index is 12.6. The van der Waals surface area contributed by atoms with E-state index in [0.29, 0.717) is 16.8 Å². The Morgan fingerprint density at radius 1 is 1.07 bits per heavy atom. The predicted octanol–water partition coefficient (Wildman–Crippen LogP) is 3.80. The molecule has 0 radical (unpaired) electrons. The number of fused-ring (bicyclic) bond motifs is 1. The number of carbonyl (C=O) groups is 1. The molecule has 4 aromatic rings. The van der Waals surface area contributed by atoms with Crippen LogP contribution in [0.15, 0.2) is 70.8 Å². The molecule has 0 fully saturated rings. The van der Waals surface area contributed by atoms with Gasteiger partial charge < -0.3 is 5.32 Å². The SMILES string of the molecule is Cc1nn(CC(=O)Nc2cccc(C#Cc3cccs3)c2)c(=O)c2ccccc12. The Hall–Kier alpha value is -3.69. The molecule has 0 aliphatic carbocycles. The third-order valence-corrected chi connectivity index (χ3v) is 5.13. The highest BCUT2D eigenvalue weighted by molar-refractivity contribution is 7.10. The van der Waals surface area contributed by atoms with Crippen LogP contribution >= 0.6 is 11.3 Å². The van der Waals surface area contributed by atoms with Gasteiger partial charge in [-0.2, -0.15) is 5.10 Å². The average Bonchev–Trinajstić information content (AvgIpc) is 3.24. The maximum Gasteiger partial charge on any atom is 0.275 e. The first-order valence-electron chi connectivity index (χ1n) is 9.02. The van der Waals surface area contributed by atoms with E-state index >= 15 is 0 Å². The van der Waals surface area contributed by atoms with Crippen molar-refractivity contribution in [3.05, 3.63) is 92.5 Å². The molecule has 5 nitrogen and oxygen atoms in total. The molecule has 0 bridgehead atoms. The number of aromatic nitrogens is 2. The zero-order valence-corrected chi connectivity index (χ0v) is 16.5. The molecule has 0 saturated carbocycles. The maximum absolute atomic E-state index is 12.6. The number of nitrogens with one attached hydrogen (secondary N) is 1. The lowest BCUT2D eigenvalue weighted by Crippen LogP contribution is -2.30. The highest BCUT2D eigenvalue weighted by atomic mass is 32.1. The number of rotatable bonds is 3. The number of benzene rings is 2. The minimum Gasteiger partial charge on any atom is -0.324 e. The molecular weight excluding hydrogens is 382 g/mol. The number of carbonyl (C=O) groups excluding carboxylic acids is 1. The second-order valence-corrected chi connectivity index (χ2v) is 7.40. The minimum absolute atomic E-state index is 0.157. The summed E-state index contributed by atoms with van der Waals surface area (Å²) >= 11 is 1.58. The molecule has 0 unspecified atom stereocenters. The Labute approximate surface area is 171 Å². The van der Waals surface area contributed by atoms with Crippen molar-refractivity contribution in [2.45, 2.75) is 13.5 Å². The molecule has 0 aliphatic heterocycles. The first-order valence-corrected chi connectivity index (χ1v) is 9.90.